The minimum absolute atomic E-state index is 0.0239. The molecule has 34 nitrogen and oxygen atoms in total. The van der Waals surface area contributed by atoms with Crippen molar-refractivity contribution >= 4 is 180 Å². The number of benzene rings is 4. The molecule has 12 aromatic heterocycles. The highest BCUT2D eigenvalue weighted by Crippen LogP contribution is 2.50. The molecule has 8 bridgehead atoms. The Bertz CT molecular complexity index is 6750. The number of hydrogen-bond donors (Lipinski definition) is 9. The molecule has 130 heavy (non-hydrogen) atoms. The second-order valence-corrected chi connectivity index (χ2v) is 38.8. The van der Waals surface area contributed by atoms with Crippen LogP contribution >= 0.6 is 46.2 Å². The molecule has 4 aliphatic heterocycles. The SMILES string of the molecule is CCc1cc(F)cc2c1[nH]c1nc(Nc3cnc(C(=O)OC)s3)nc(N3C[C@H]4C[C@@H]3C[C@H]4N)c12.CCc1cc(F)cc2c1[nH]c1nc(Oc3nnc(C)o3)nc(N3C[C@H]4C[C@@H]3C[C@H]4N)c12.CCc1cc(F)cc2c1[nH]c1nc(Sc3cnc(C(=O)OC)s3)nc(N3C[C@H]4C[C@@H]3C[C@H]4N)c12.CCc1cc(F)cc2c1[nH]c1nc(Sc3nnc(C)o3)nc(N3C[C@H]4C[C@@H]3C[C@H]4N)c12. The number of aromatic amines is 4. The molecule has 16 aromatic rings. The fourth-order valence-corrected chi connectivity index (χ4v) is 23.9. The molecule has 4 saturated carbocycles. The summed E-state index contributed by atoms with van der Waals surface area (Å²) in [6, 6.07) is 14.7. The van der Waals surface area contributed by atoms with Gasteiger partial charge in [0.15, 0.2) is 5.16 Å². The average molecular weight is 1840 g/mol. The summed E-state index contributed by atoms with van der Waals surface area (Å²) in [5.41, 5.74) is 34.9. The summed E-state index contributed by atoms with van der Waals surface area (Å²) >= 11 is 4.98. The molecule has 4 saturated heterocycles. The highest BCUT2D eigenvalue weighted by atomic mass is 32.2. The highest BCUT2D eigenvalue weighted by molar-refractivity contribution is 8.01. The number of halogens is 4. The van der Waals surface area contributed by atoms with Gasteiger partial charge >= 0.3 is 24.0 Å². The van der Waals surface area contributed by atoms with Crippen LogP contribution in [0.4, 0.5) is 51.8 Å². The maximum Gasteiger partial charge on any atom is 0.422 e. The Morgan fingerprint density at radius 2 is 0.838 bits per heavy atom. The number of hydrogen-bond acceptors (Lipinski definition) is 34. The van der Waals surface area contributed by atoms with Gasteiger partial charge in [0, 0.05) is 122 Å². The largest absolute Gasteiger partial charge is 0.464 e. The molecular formula is C88H91F4N27O7S4. The smallest absolute Gasteiger partial charge is 0.422 e. The molecule has 12 atom stereocenters. The van der Waals surface area contributed by atoms with E-state index in [4.69, 9.17) is 80.9 Å². The molecule has 24 rings (SSSR count). The number of nitrogens with one attached hydrogen (secondary N) is 5. The number of nitrogens with two attached hydrogens (primary N) is 4. The van der Waals surface area contributed by atoms with Gasteiger partial charge < -0.3 is 90.8 Å². The van der Waals surface area contributed by atoms with Crippen molar-refractivity contribution in [2.75, 3.05) is 65.3 Å². The number of nitrogens with zero attached hydrogens (tertiary/aromatic N) is 18. The molecule has 8 aliphatic rings. The van der Waals surface area contributed by atoms with E-state index < -0.39 is 11.9 Å². The molecule has 0 amide bonds. The van der Waals surface area contributed by atoms with Crippen LogP contribution in [-0.4, -0.2) is 191 Å². The van der Waals surface area contributed by atoms with Crippen molar-refractivity contribution in [3.8, 4) is 12.1 Å². The number of aryl methyl sites for hydroxylation is 6. The van der Waals surface area contributed by atoms with E-state index in [-0.39, 0.29) is 69.5 Å². The van der Waals surface area contributed by atoms with Gasteiger partial charge in [-0.1, -0.05) is 44.1 Å². The fraction of sp³-hybridized carbons (Fsp3) is 0.409. The van der Waals surface area contributed by atoms with E-state index in [1.54, 1.807) is 74.8 Å². The number of ether oxygens (including phenoxy) is 3. The number of rotatable bonds is 18. The normalized spacial score (nSPS) is 22.3. The Hall–Kier alpha value is -12.1. The van der Waals surface area contributed by atoms with Gasteiger partial charge in [0.1, 0.15) is 74.1 Å². The molecule has 4 aromatic carbocycles. The number of esters is 2. The van der Waals surface area contributed by atoms with E-state index in [2.05, 4.69) is 80.2 Å². The van der Waals surface area contributed by atoms with Crippen molar-refractivity contribution < 1.29 is 50.2 Å². The second kappa shape index (κ2) is 33.7. The first-order valence-corrected chi connectivity index (χ1v) is 46.8. The third-order valence-electron chi connectivity index (χ3n) is 26.8. The summed E-state index contributed by atoms with van der Waals surface area (Å²) in [6.45, 7) is 14.8. The van der Waals surface area contributed by atoms with E-state index in [0.717, 1.165) is 210 Å². The zero-order valence-corrected chi connectivity index (χ0v) is 75.1. The van der Waals surface area contributed by atoms with E-state index in [9.17, 15) is 27.2 Å². The van der Waals surface area contributed by atoms with Crippen LogP contribution in [0.3, 0.4) is 0 Å². The number of carbonyl (C=O) groups is 2. The Balaban J connectivity index is 0.000000105. The van der Waals surface area contributed by atoms with E-state index in [0.29, 0.717) is 128 Å². The monoisotopic (exact) mass is 1840 g/mol. The maximum atomic E-state index is 14.5. The number of methoxy groups -OCH3 is 2. The molecule has 0 radical (unpaired) electrons. The molecule has 672 valence electrons. The number of H-pyrrole nitrogens is 4. The first-order valence-electron chi connectivity index (χ1n) is 43.5. The minimum atomic E-state index is -0.496. The van der Waals surface area contributed by atoms with Crippen molar-refractivity contribution in [2.24, 2.45) is 46.6 Å². The quantitative estimate of drug-likeness (QED) is 0.0219. The fourth-order valence-electron chi connectivity index (χ4n) is 20.7. The lowest BCUT2D eigenvalue weighted by molar-refractivity contribution is 0.0591. The number of carbonyl (C=O) groups excluding carboxylic acids is 2. The number of aromatic nitrogens is 18. The van der Waals surface area contributed by atoms with Crippen molar-refractivity contribution in [3.63, 3.8) is 0 Å². The predicted octanol–water partition coefficient (Wildman–Crippen LogP) is 14.7. The highest BCUT2D eigenvalue weighted by Gasteiger charge is 2.49. The lowest BCUT2D eigenvalue weighted by atomic mass is 10.0. The summed E-state index contributed by atoms with van der Waals surface area (Å²) in [5.74, 6) is 4.07. The standard InChI is InChI=1S/C23H24FN7O2S.C23H23FN6O2S2.C21H22FN7O2.C21H22FN7OS/c1-3-10-4-12(24)6-14-17-19(28-18(10)14)29-23(27-16-8-26-21(34-16)22(32)33-2)30-20(17)31-9-11-5-13(31)7-15(11)25;1-3-10-4-12(24)6-14-17-19(27-18(10)14)28-23(34-16-8-26-21(33-16)22(31)32-2)29-20(17)30-9-11-5-13(30)7-15(11)25;2*1-3-10-4-12(22)6-14-16-18(24-17(10)14)25-20(31-21-28-27-9(2)30-21)26-19(16)29-8-11-5-13(29)7-15(11)23/h4,6,8,11,13,15H,3,5,7,9,25H2,1-2H3,(H2,27,28,29,30);4,6,8,11,13,15H,3,5,7,9,25H2,1-2H3,(H,27,28,29);2*4,6,11,13,15H,3,5,7-8,23H2,1-2H3,(H,24,25,26)/t4*11-,13-,15-/m1111/s1. The van der Waals surface area contributed by atoms with Gasteiger partial charge in [0.05, 0.1) is 74.4 Å². The Morgan fingerprint density at radius 3 is 1.22 bits per heavy atom. The van der Waals surface area contributed by atoms with Crippen LogP contribution in [-0.2, 0) is 35.2 Å². The molecule has 8 fully saturated rings. The zero-order valence-electron chi connectivity index (χ0n) is 71.9. The molecule has 4 aliphatic carbocycles. The number of piperidine rings is 4. The molecule has 13 N–H and O–H groups in total. The van der Waals surface area contributed by atoms with E-state index in [1.807, 2.05) is 27.7 Å². The number of fused-ring (bicyclic) bond motifs is 20. The van der Waals surface area contributed by atoms with Crippen LogP contribution < -0.4 is 52.6 Å². The molecular weight excluding hydrogens is 1750 g/mol. The van der Waals surface area contributed by atoms with Gasteiger partial charge in [0.2, 0.25) is 32.9 Å². The molecule has 0 spiro atoms. The van der Waals surface area contributed by atoms with Crippen LogP contribution in [0, 0.1) is 60.8 Å². The first kappa shape index (κ1) is 84.8. The third kappa shape index (κ3) is 15.3. The van der Waals surface area contributed by atoms with Crippen LogP contribution in [0.15, 0.2) is 89.5 Å². The maximum absolute atomic E-state index is 14.5. The van der Waals surface area contributed by atoms with Gasteiger partial charge in [-0.25, -0.2) is 57.1 Å². The van der Waals surface area contributed by atoms with Gasteiger partial charge in [-0.15, -0.1) is 26.6 Å². The second-order valence-electron chi connectivity index (χ2n) is 34.5. The first-order chi connectivity index (χ1) is 62.9. The van der Waals surface area contributed by atoms with Crippen LogP contribution in [0.2, 0.25) is 0 Å². The van der Waals surface area contributed by atoms with Crippen molar-refractivity contribution in [1.82, 2.24) is 90.2 Å². The summed E-state index contributed by atoms with van der Waals surface area (Å²) in [7, 11) is 2.65. The minimum Gasteiger partial charge on any atom is -0.464 e. The molecule has 42 heteroatoms. The van der Waals surface area contributed by atoms with Gasteiger partial charge in [-0.2, -0.15) is 19.9 Å². The lowest BCUT2D eigenvalue weighted by Gasteiger charge is -2.31. The van der Waals surface area contributed by atoms with Crippen LogP contribution in [0.1, 0.15) is 133 Å². The lowest BCUT2D eigenvalue weighted by Crippen LogP contribution is -2.41. The van der Waals surface area contributed by atoms with Gasteiger partial charge in [-0.3, -0.25) is 0 Å². The average Bonchev–Trinajstić information content (AvgIpc) is 1.62. The molecule has 0 unspecified atom stereocenters. The van der Waals surface area contributed by atoms with Crippen molar-refractivity contribution in [2.45, 2.75) is 187 Å². The van der Waals surface area contributed by atoms with Gasteiger partial charge in [0.25, 0.3) is 5.22 Å². The summed E-state index contributed by atoms with van der Waals surface area (Å²) in [6.07, 6.45) is 13.8. The Morgan fingerprint density at radius 1 is 0.462 bits per heavy atom. The number of thiazole rings is 2. The Labute approximate surface area is 754 Å². The van der Waals surface area contributed by atoms with E-state index >= 15 is 0 Å². The summed E-state index contributed by atoms with van der Waals surface area (Å²) in [4.78, 5) is 92.9. The topological polar surface area (TPSA) is 461 Å². The summed E-state index contributed by atoms with van der Waals surface area (Å²) < 4.78 is 84.7. The predicted molar refractivity (Wildman–Crippen MR) is 487 cm³/mol. The Kier molecular flexibility index (Phi) is 22.0. The van der Waals surface area contributed by atoms with Crippen LogP contribution in [0.25, 0.3) is 87.7 Å². The van der Waals surface area contributed by atoms with Crippen molar-refractivity contribution in [3.05, 3.63) is 128 Å². The van der Waals surface area contributed by atoms with Crippen LogP contribution in [0.5, 0.6) is 12.1 Å². The third-order valence-corrected chi connectivity index (χ3v) is 30.3. The molecule has 16 heterocycles. The van der Waals surface area contributed by atoms with Crippen molar-refractivity contribution in [1.29, 1.82) is 0 Å². The summed E-state index contributed by atoms with van der Waals surface area (Å²) in [5, 5.41) is 27.8. The number of anilines is 6. The van der Waals surface area contributed by atoms with Gasteiger partial charge in [-0.05, 0) is 183 Å². The van der Waals surface area contributed by atoms with E-state index in [1.165, 1.54) is 49.1 Å². The zero-order chi connectivity index (χ0) is 89.7.